The second kappa shape index (κ2) is 4.67. The third-order valence-electron chi connectivity index (χ3n) is 3.14. The second-order valence-electron chi connectivity index (χ2n) is 4.50. The first-order valence-corrected chi connectivity index (χ1v) is 7.02. The van der Waals surface area contributed by atoms with Crippen LogP contribution in [0.5, 0.6) is 0 Å². The molecule has 0 aliphatic carbocycles. The summed E-state index contributed by atoms with van der Waals surface area (Å²) >= 11 is 1.97. The van der Waals surface area contributed by atoms with Gasteiger partial charge < -0.3 is 5.32 Å². The van der Waals surface area contributed by atoms with Crippen LogP contribution in [0, 0.1) is 0 Å². The first-order valence-electron chi connectivity index (χ1n) is 6.07. The Hall–Kier alpha value is -1.06. The van der Waals surface area contributed by atoms with Crippen LogP contribution in [0.1, 0.15) is 24.4 Å². The van der Waals surface area contributed by atoms with Crippen LogP contribution in [-0.2, 0) is 0 Å². The van der Waals surface area contributed by atoms with E-state index < -0.39 is 0 Å². The summed E-state index contributed by atoms with van der Waals surface area (Å²) in [6, 6.07) is 12.6. The number of thioether (sulfide) groups is 1. The van der Waals surface area contributed by atoms with Crippen molar-refractivity contribution in [3.05, 3.63) is 42.1 Å². The number of nitrogens with one attached hydrogen (secondary N) is 1. The molecule has 1 N–H and O–H groups in total. The van der Waals surface area contributed by atoms with E-state index in [9.17, 15) is 0 Å². The molecule has 3 rings (SSSR count). The lowest BCUT2D eigenvalue weighted by Gasteiger charge is -2.27. The van der Waals surface area contributed by atoms with Crippen LogP contribution in [0.3, 0.4) is 0 Å². The van der Waals surface area contributed by atoms with Crippen LogP contribution in [0.25, 0.3) is 10.9 Å². The van der Waals surface area contributed by atoms with E-state index in [2.05, 4.69) is 42.6 Å². The lowest BCUT2D eigenvalue weighted by Crippen LogP contribution is -2.29. The lowest BCUT2D eigenvalue weighted by molar-refractivity contribution is 0.598. The summed E-state index contributed by atoms with van der Waals surface area (Å²) in [5, 5.41) is 5.81. The highest BCUT2D eigenvalue weighted by Crippen LogP contribution is 2.33. The van der Waals surface area contributed by atoms with Gasteiger partial charge in [0.25, 0.3) is 0 Å². The van der Waals surface area contributed by atoms with Crippen molar-refractivity contribution in [2.75, 3.05) is 6.54 Å². The molecule has 1 aromatic carbocycles. The highest BCUT2D eigenvalue weighted by molar-refractivity contribution is 8.00. The van der Waals surface area contributed by atoms with Gasteiger partial charge in [-0.25, -0.2) is 0 Å². The molecular weight excluding hydrogens is 228 g/mol. The Morgan fingerprint density at radius 3 is 3.00 bits per heavy atom. The monoisotopic (exact) mass is 244 g/mol. The average Bonchev–Trinajstić information content (AvgIpc) is 2.38. The van der Waals surface area contributed by atoms with Gasteiger partial charge in [0.15, 0.2) is 0 Å². The number of aromatic nitrogens is 1. The number of benzene rings is 1. The number of pyridine rings is 1. The molecule has 2 atom stereocenters. The Balaban J connectivity index is 1.94. The Bertz CT molecular complexity index is 526. The van der Waals surface area contributed by atoms with Gasteiger partial charge in [-0.15, -0.1) is 11.8 Å². The third-order valence-corrected chi connectivity index (χ3v) is 4.52. The van der Waals surface area contributed by atoms with Crippen molar-refractivity contribution >= 4 is 22.7 Å². The lowest BCUT2D eigenvalue weighted by atomic mass is 10.2. The molecule has 2 aromatic rings. The minimum absolute atomic E-state index is 0.350. The molecule has 1 aliphatic rings. The summed E-state index contributed by atoms with van der Waals surface area (Å²) in [7, 11) is 0. The van der Waals surface area contributed by atoms with E-state index in [-0.39, 0.29) is 0 Å². The number of hydrogen-bond acceptors (Lipinski definition) is 3. The summed E-state index contributed by atoms with van der Waals surface area (Å²) in [5.41, 5.74) is 2.24. The average molecular weight is 244 g/mol. The molecule has 1 saturated heterocycles. The molecule has 2 nitrogen and oxygen atoms in total. The van der Waals surface area contributed by atoms with Gasteiger partial charge in [0, 0.05) is 10.6 Å². The molecule has 1 aliphatic heterocycles. The first-order chi connectivity index (χ1) is 8.33. The molecule has 0 spiro atoms. The maximum absolute atomic E-state index is 4.75. The van der Waals surface area contributed by atoms with E-state index in [1.807, 2.05) is 17.8 Å². The predicted octanol–water partition coefficient (Wildman–Crippen LogP) is 3.35. The molecule has 0 amide bonds. The summed E-state index contributed by atoms with van der Waals surface area (Å²) in [5.74, 6) is 0. The first kappa shape index (κ1) is 11.1. The maximum Gasteiger partial charge on any atom is 0.0964 e. The van der Waals surface area contributed by atoms with Gasteiger partial charge in [-0.05, 0) is 25.1 Å². The van der Waals surface area contributed by atoms with Gasteiger partial charge in [-0.3, -0.25) is 4.98 Å². The molecule has 1 fully saturated rings. The van der Waals surface area contributed by atoms with Gasteiger partial charge in [0.2, 0.25) is 0 Å². The zero-order valence-electron chi connectivity index (χ0n) is 9.89. The Labute approximate surface area is 106 Å². The summed E-state index contributed by atoms with van der Waals surface area (Å²) in [4.78, 5) is 4.75. The quantitative estimate of drug-likeness (QED) is 0.832. The topological polar surface area (TPSA) is 24.9 Å². The Kier molecular flexibility index (Phi) is 3.04. The van der Waals surface area contributed by atoms with Crippen LogP contribution in [0.4, 0.5) is 0 Å². The zero-order chi connectivity index (χ0) is 11.7. The molecule has 17 heavy (non-hydrogen) atoms. The molecule has 88 valence electrons. The van der Waals surface area contributed by atoms with Crippen LogP contribution in [0.2, 0.25) is 0 Å². The number of rotatable bonds is 1. The largest absolute Gasteiger partial charge is 0.300 e. The number of para-hydroxylation sites is 1. The van der Waals surface area contributed by atoms with E-state index in [4.69, 9.17) is 4.98 Å². The van der Waals surface area contributed by atoms with Crippen LogP contribution in [-0.4, -0.2) is 16.8 Å². The predicted molar refractivity (Wildman–Crippen MR) is 74.2 cm³/mol. The number of nitrogens with zero attached hydrogens (tertiary/aromatic N) is 1. The number of hydrogen-bond donors (Lipinski definition) is 1. The molecule has 0 saturated carbocycles. The van der Waals surface area contributed by atoms with Crippen LogP contribution < -0.4 is 5.32 Å². The standard InChI is InChI=1S/C14H16N2S/c1-10-8-9-15-14(17-10)13-7-6-11-4-2-3-5-12(11)16-13/h2-7,10,14-15H,8-9H2,1H3. The SMILES string of the molecule is CC1CCNC(c2ccc3ccccc3n2)S1. The van der Waals surface area contributed by atoms with Gasteiger partial charge in [-0.2, -0.15) is 0 Å². The van der Waals surface area contributed by atoms with Crippen molar-refractivity contribution in [3.8, 4) is 0 Å². The van der Waals surface area contributed by atoms with Crippen molar-refractivity contribution in [2.45, 2.75) is 24.0 Å². The molecular formula is C14H16N2S. The summed E-state index contributed by atoms with van der Waals surface area (Å²) in [6.45, 7) is 3.38. The molecule has 2 unspecified atom stereocenters. The van der Waals surface area contributed by atoms with Crippen molar-refractivity contribution in [1.29, 1.82) is 0 Å². The second-order valence-corrected chi connectivity index (χ2v) is 6.05. The van der Waals surface area contributed by atoms with Gasteiger partial charge >= 0.3 is 0 Å². The molecule has 1 aromatic heterocycles. The summed E-state index contributed by atoms with van der Waals surface area (Å²) < 4.78 is 0. The molecule has 0 radical (unpaired) electrons. The van der Waals surface area contributed by atoms with Crippen molar-refractivity contribution < 1.29 is 0 Å². The third kappa shape index (κ3) is 2.31. The Morgan fingerprint density at radius 2 is 2.12 bits per heavy atom. The highest BCUT2D eigenvalue weighted by Gasteiger charge is 2.21. The maximum atomic E-state index is 4.75. The Morgan fingerprint density at radius 1 is 1.24 bits per heavy atom. The fraction of sp³-hybridized carbons (Fsp3) is 0.357. The van der Waals surface area contributed by atoms with E-state index in [0.29, 0.717) is 5.37 Å². The zero-order valence-corrected chi connectivity index (χ0v) is 10.7. The van der Waals surface area contributed by atoms with Gasteiger partial charge in [0.1, 0.15) is 0 Å². The van der Waals surface area contributed by atoms with E-state index in [0.717, 1.165) is 23.0 Å². The smallest absolute Gasteiger partial charge is 0.0964 e. The minimum atomic E-state index is 0.350. The van der Waals surface area contributed by atoms with Gasteiger partial charge in [0.05, 0.1) is 16.6 Å². The molecule has 3 heteroatoms. The van der Waals surface area contributed by atoms with E-state index in [1.165, 1.54) is 11.8 Å². The highest BCUT2D eigenvalue weighted by atomic mass is 32.2. The molecule has 0 bridgehead atoms. The summed E-state index contributed by atoms with van der Waals surface area (Å²) in [6.07, 6.45) is 1.24. The fourth-order valence-electron chi connectivity index (χ4n) is 2.17. The van der Waals surface area contributed by atoms with Crippen molar-refractivity contribution in [1.82, 2.24) is 10.3 Å². The molecule has 2 heterocycles. The van der Waals surface area contributed by atoms with Crippen molar-refractivity contribution in [3.63, 3.8) is 0 Å². The van der Waals surface area contributed by atoms with E-state index >= 15 is 0 Å². The van der Waals surface area contributed by atoms with Gasteiger partial charge in [-0.1, -0.05) is 31.2 Å². The normalized spacial score (nSPS) is 25.0. The number of fused-ring (bicyclic) bond motifs is 1. The van der Waals surface area contributed by atoms with Crippen LogP contribution >= 0.6 is 11.8 Å². The minimum Gasteiger partial charge on any atom is -0.300 e. The van der Waals surface area contributed by atoms with Crippen molar-refractivity contribution in [2.24, 2.45) is 0 Å². The van der Waals surface area contributed by atoms with E-state index in [1.54, 1.807) is 0 Å². The van der Waals surface area contributed by atoms with Crippen LogP contribution in [0.15, 0.2) is 36.4 Å². The fourth-order valence-corrected chi connectivity index (χ4v) is 3.37.